The zero-order valence-electron chi connectivity index (χ0n) is 8.76. The number of likely N-dealkylation sites (tertiary alicyclic amines) is 1. The molecule has 1 unspecified atom stereocenters. The summed E-state index contributed by atoms with van der Waals surface area (Å²) >= 11 is 0. The molecule has 2 rings (SSSR count). The summed E-state index contributed by atoms with van der Waals surface area (Å²) in [4.78, 5) is 6.52. The van der Waals surface area contributed by atoms with Crippen LogP contribution in [-0.4, -0.2) is 29.5 Å². The number of halogens is 1. The molecule has 1 aliphatic heterocycles. The highest BCUT2D eigenvalue weighted by Crippen LogP contribution is 2.16. The molecule has 0 radical (unpaired) electrons. The fraction of sp³-hybridized carbons (Fsp3) is 0.700. The van der Waals surface area contributed by atoms with Gasteiger partial charge in [0.25, 0.3) is 0 Å². The fourth-order valence-electron chi connectivity index (χ4n) is 2.03. The van der Waals surface area contributed by atoms with E-state index in [9.17, 15) is 0 Å². The molecule has 0 saturated carbocycles. The van der Waals surface area contributed by atoms with Crippen LogP contribution in [0.5, 0.6) is 0 Å². The molecule has 2 heterocycles. The van der Waals surface area contributed by atoms with Gasteiger partial charge in [0.2, 0.25) is 0 Å². The van der Waals surface area contributed by atoms with Gasteiger partial charge in [-0.15, -0.1) is 12.4 Å². The van der Waals surface area contributed by atoms with Gasteiger partial charge >= 0.3 is 0 Å². The average Bonchev–Trinajstić information content (AvgIpc) is 2.71. The molecular weight excluding hydrogens is 214 g/mol. The van der Waals surface area contributed by atoms with Crippen molar-refractivity contribution in [1.82, 2.24) is 9.88 Å². The van der Waals surface area contributed by atoms with Crippen molar-refractivity contribution in [3.8, 4) is 0 Å². The molecule has 0 bridgehead atoms. The van der Waals surface area contributed by atoms with Gasteiger partial charge in [-0.3, -0.25) is 4.90 Å². The lowest BCUT2D eigenvalue weighted by atomic mass is 9.98. The minimum atomic E-state index is 0. The zero-order valence-corrected chi connectivity index (χ0v) is 9.58. The summed E-state index contributed by atoms with van der Waals surface area (Å²) < 4.78 is 4.95. The Morgan fingerprint density at radius 1 is 1.60 bits per heavy atom. The van der Waals surface area contributed by atoms with Crippen LogP contribution in [0.4, 0.5) is 0 Å². The Balaban J connectivity index is 0.00000112. The highest BCUT2D eigenvalue weighted by Gasteiger charge is 2.18. The maximum Gasteiger partial charge on any atom is 0.180 e. The first-order chi connectivity index (χ1) is 6.88. The van der Waals surface area contributed by atoms with E-state index >= 15 is 0 Å². The maximum atomic E-state index is 5.68. The van der Waals surface area contributed by atoms with Gasteiger partial charge in [0.1, 0.15) is 6.26 Å². The smallest absolute Gasteiger partial charge is 0.180 e. The molecule has 1 aliphatic rings. The molecule has 1 saturated heterocycles. The largest absolute Gasteiger partial charge is 0.451 e. The van der Waals surface area contributed by atoms with Crippen LogP contribution in [0, 0.1) is 5.92 Å². The second kappa shape index (κ2) is 6.10. The van der Waals surface area contributed by atoms with E-state index in [1.165, 1.54) is 19.2 Å². The summed E-state index contributed by atoms with van der Waals surface area (Å²) in [7, 11) is 0. The molecule has 5 heteroatoms. The number of nitrogens with two attached hydrogens (primary N) is 1. The normalized spacial score (nSPS) is 22.3. The predicted molar refractivity (Wildman–Crippen MR) is 60.8 cm³/mol. The molecule has 1 aromatic heterocycles. The molecule has 4 nitrogen and oxygen atoms in total. The van der Waals surface area contributed by atoms with Crippen molar-refractivity contribution in [2.45, 2.75) is 19.4 Å². The summed E-state index contributed by atoms with van der Waals surface area (Å²) in [5.41, 5.74) is 6.69. The van der Waals surface area contributed by atoms with Crippen molar-refractivity contribution in [1.29, 1.82) is 0 Å². The maximum absolute atomic E-state index is 5.68. The van der Waals surface area contributed by atoms with Gasteiger partial charge in [-0.25, -0.2) is 4.98 Å². The monoisotopic (exact) mass is 231 g/mol. The Kier molecular flexibility index (Phi) is 5.08. The molecule has 1 fully saturated rings. The molecule has 2 N–H and O–H groups in total. The van der Waals surface area contributed by atoms with Gasteiger partial charge in [-0.1, -0.05) is 0 Å². The molecule has 86 valence electrons. The van der Waals surface area contributed by atoms with Crippen molar-refractivity contribution in [2.75, 3.05) is 19.6 Å². The Labute approximate surface area is 96.2 Å². The first-order valence-corrected chi connectivity index (χ1v) is 5.18. The van der Waals surface area contributed by atoms with Crippen LogP contribution in [0.3, 0.4) is 0 Å². The Morgan fingerprint density at radius 3 is 3.13 bits per heavy atom. The SMILES string of the molecule is Cl.NCC1CCCN(Cc2cocn2)C1. The van der Waals surface area contributed by atoms with Crippen molar-refractivity contribution >= 4 is 12.4 Å². The van der Waals surface area contributed by atoms with Gasteiger partial charge < -0.3 is 10.2 Å². The second-order valence-corrected chi connectivity index (χ2v) is 3.96. The van der Waals surface area contributed by atoms with Gasteiger partial charge in [-0.2, -0.15) is 0 Å². The van der Waals surface area contributed by atoms with E-state index in [1.807, 2.05) is 0 Å². The summed E-state index contributed by atoms with van der Waals surface area (Å²) in [6.45, 7) is 3.95. The van der Waals surface area contributed by atoms with Crippen LogP contribution in [0.1, 0.15) is 18.5 Å². The minimum Gasteiger partial charge on any atom is -0.451 e. The van der Waals surface area contributed by atoms with Gasteiger partial charge in [0, 0.05) is 13.1 Å². The minimum absolute atomic E-state index is 0. The second-order valence-electron chi connectivity index (χ2n) is 3.96. The third kappa shape index (κ3) is 3.48. The van der Waals surface area contributed by atoms with Gasteiger partial charge in [-0.05, 0) is 31.8 Å². The number of nitrogens with zero attached hydrogens (tertiary/aromatic N) is 2. The molecule has 1 atom stereocenters. The van der Waals surface area contributed by atoms with E-state index in [2.05, 4.69) is 9.88 Å². The third-order valence-corrected chi connectivity index (χ3v) is 2.81. The van der Waals surface area contributed by atoms with E-state index in [0.717, 1.165) is 31.9 Å². The lowest BCUT2D eigenvalue weighted by Crippen LogP contribution is -2.37. The molecule has 0 amide bonds. The van der Waals surface area contributed by atoms with E-state index in [1.54, 1.807) is 6.26 Å². The summed E-state index contributed by atoms with van der Waals surface area (Å²) in [6, 6.07) is 0. The molecular formula is C10H18ClN3O. The number of hydrogen-bond donors (Lipinski definition) is 1. The Hall–Kier alpha value is -0.580. The fourth-order valence-corrected chi connectivity index (χ4v) is 2.03. The molecule has 0 aromatic carbocycles. The average molecular weight is 232 g/mol. The Morgan fingerprint density at radius 2 is 2.47 bits per heavy atom. The van der Waals surface area contributed by atoms with E-state index < -0.39 is 0 Å². The van der Waals surface area contributed by atoms with Gasteiger partial charge in [0.05, 0.1) is 5.69 Å². The van der Waals surface area contributed by atoms with Crippen molar-refractivity contribution in [3.63, 3.8) is 0 Å². The van der Waals surface area contributed by atoms with Crippen LogP contribution >= 0.6 is 12.4 Å². The molecule has 15 heavy (non-hydrogen) atoms. The third-order valence-electron chi connectivity index (χ3n) is 2.81. The highest BCUT2D eigenvalue weighted by atomic mass is 35.5. The molecule has 0 aliphatic carbocycles. The number of piperidine rings is 1. The topological polar surface area (TPSA) is 55.3 Å². The lowest BCUT2D eigenvalue weighted by molar-refractivity contribution is 0.169. The van der Waals surface area contributed by atoms with Crippen LogP contribution in [-0.2, 0) is 6.54 Å². The van der Waals surface area contributed by atoms with E-state index in [-0.39, 0.29) is 12.4 Å². The standard InChI is InChI=1S/C10H17N3O.ClH/c11-4-9-2-1-3-13(5-9)6-10-7-14-8-12-10;/h7-9H,1-6,11H2;1H. The Bertz CT molecular complexity index is 266. The van der Waals surface area contributed by atoms with Crippen molar-refractivity contribution < 1.29 is 4.42 Å². The van der Waals surface area contributed by atoms with Gasteiger partial charge in [0.15, 0.2) is 6.39 Å². The van der Waals surface area contributed by atoms with Crippen LogP contribution < -0.4 is 5.73 Å². The summed E-state index contributed by atoms with van der Waals surface area (Å²) in [6.07, 6.45) is 5.72. The number of rotatable bonds is 3. The van der Waals surface area contributed by atoms with Crippen molar-refractivity contribution in [2.24, 2.45) is 11.7 Å². The quantitative estimate of drug-likeness (QED) is 0.851. The van der Waals surface area contributed by atoms with Crippen LogP contribution in [0.15, 0.2) is 17.1 Å². The summed E-state index contributed by atoms with van der Waals surface area (Å²) in [5.74, 6) is 0.663. The highest BCUT2D eigenvalue weighted by molar-refractivity contribution is 5.85. The number of aromatic nitrogens is 1. The van der Waals surface area contributed by atoms with Crippen molar-refractivity contribution in [3.05, 3.63) is 18.4 Å². The summed E-state index contributed by atoms with van der Waals surface area (Å²) in [5, 5.41) is 0. The number of oxazole rings is 1. The predicted octanol–water partition coefficient (Wildman–Crippen LogP) is 1.27. The van der Waals surface area contributed by atoms with Crippen LogP contribution in [0.2, 0.25) is 0 Å². The van der Waals surface area contributed by atoms with E-state index in [4.69, 9.17) is 10.2 Å². The first kappa shape index (κ1) is 12.5. The first-order valence-electron chi connectivity index (χ1n) is 5.18. The van der Waals surface area contributed by atoms with Crippen LogP contribution in [0.25, 0.3) is 0 Å². The van der Waals surface area contributed by atoms with E-state index in [0.29, 0.717) is 5.92 Å². The lowest BCUT2D eigenvalue weighted by Gasteiger charge is -2.31. The molecule has 1 aromatic rings. The zero-order chi connectivity index (χ0) is 9.80. The number of hydrogen-bond acceptors (Lipinski definition) is 4. The molecule has 0 spiro atoms.